The molecule has 0 bridgehead atoms. The first-order chi connectivity index (χ1) is 9.66. The molecule has 2 aromatic carbocycles. The number of tetrazole rings is 1. The second-order valence-electron chi connectivity index (χ2n) is 4.10. The first kappa shape index (κ1) is 13.1. The van der Waals surface area contributed by atoms with Gasteiger partial charge in [0, 0.05) is 15.7 Å². The van der Waals surface area contributed by atoms with Crippen LogP contribution >= 0.6 is 27.5 Å². The molecule has 20 heavy (non-hydrogen) atoms. The van der Waals surface area contributed by atoms with E-state index in [-0.39, 0.29) is 0 Å². The van der Waals surface area contributed by atoms with Crippen molar-refractivity contribution in [1.29, 1.82) is 0 Å². The van der Waals surface area contributed by atoms with Gasteiger partial charge in [-0.1, -0.05) is 39.7 Å². The Kier molecular flexibility index (Phi) is 3.42. The Labute approximate surface area is 128 Å². The van der Waals surface area contributed by atoms with Gasteiger partial charge in [-0.25, -0.2) is 0 Å². The van der Waals surface area contributed by atoms with Crippen LogP contribution in [-0.4, -0.2) is 20.2 Å². The standard InChI is InChI=1S/C13H9BrClN5/c14-10-6-5-8(16)7-9(10)13-17-18-19-20(13)12-4-2-1-3-11(12)15/h1-7H,16H2. The molecule has 2 N–H and O–H groups in total. The van der Waals surface area contributed by atoms with Gasteiger partial charge in [-0.15, -0.1) is 5.10 Å². The van der Waals surface area contributed by atoms with Gasteiger partial charge >= 0.3 is 0 Å². The number of hydrogen-bond acceptors (Lipinski definition) is 4. The number of nitrogens with two attached hydrogens (primary N) is 1. The predicted octanol–water partition coefficient (Wildman–Crippen LogP) is 3.33. The first-order valence-corrected chi connectivity index (χ1v) is 6.92. The van der Waals surface area contributed by atoms with Gasteiger partial charge in [-0.2, -0.15) is 4.68 Å². The van der Waals surface area contributed by atoms with Crippen LogP contribution in [0.1, 0.15) is 0 Å². The van der Waals surface area contributed by atoms with Crippen molar-refractivity contribution < 1.29 is 0 Å². The summed E-state index contributed by atoms with van der Waals surface area (Å²) < 4.78 is 2.44. The van der Waals surface area contributed by atoms with Crippen molar-refractivity contribution in [2.75, 3.05) is 5.73 Å². The molecule has 0 atom stereocenters. The van der Waals surface area contributed by atoms with Crippen LogP contribution in [0.2, 0.25) is 5.02 Å². The Hall–Kier alpha value is -1.92. The van der Waals surface area contributed by atoms with Gasteiger partial charge in [-0.05, 0) is 40.8 Å². The van der Waals surface area contributed by atoms with E-state index in [1.807, 2.05) is 30.3 Å². The van der Waals surface area contributed by atoms with Gasteiger partial charge in [0.1, 0.15) is 0 Å². The molecule has 1 heterocycles. The molecule has 0 fully saturated rings. The molecule has 0 aliphatic rings. The van der Waals surface area contributed by atoms with Crippen LogP contribution < -0.4 is 5.73 Å². The minimum atomic E-state index is 0.567. The fourth-order valence-electron chi connectivity index (χ4n) is 1.86. The highest BCUT2D eigenvalue weighted by atomic mass is 79.9. The van der Waals surface area contributed by atoms with Crippen molar-refractivity contribution in [3.8, 4) is 17.1 Å². The zero-order valence-corrected chi connectivity index (χ0v) is 12.5. The SMILES string of the molecule is Nc1ccc(Br)c(-c2nnnn2-c2ccccc2Cl)c1. The smallest absolute Gasteiger partial charge is 0.188 e. The molecule has 0 amide bonds. The van der Waals surface area contributed by atoms with Gasteiger partial charge in [0.05, 0.1) is 10.7 Å². The molecule has 100 valence electrons. The molecule has 0 spiro atoms. The minimum Gasteiger partial charge on any atom is -0.399 e. The molecule has 5 nitrogen and oxygen atoms in total. The Morgan fingerprint density at radius 2 is 1.95 bits per heavy atom. The van der Waals surface area contributed by atoms with Crippen LogP contribution in [0.5, 0.6) is 0 Å². The van der Waals surface area contributed by atoms with Gasteiger partial charge in [0.2, 0.25) is 0 Å². The summed E-state index contributed by atoms with van der Waals surface area (Å²) in [4.78, 5) is 0. The van der Waals surface area contributed by atoms with Crippen LogP contribution in [0.4, 0.5) is 5.69 Å². The molecule has 3 rings (SSSR count). The molecule has 7 heteroatoms. The lowest BCUT2D eigenvalue weighted by Gasteiger charge is -2.08. The summed E-state index contributed by atoms with van der Waals surface area (Å²) in [5.74, 6) is 0.567. The van der Waals surface area contributed by atoms with E-state index in [2.05, 4.69) is 31.5 Å². The average Bonchev–Trinajstić information content (AvgIpc) is 2.91. The van der Waals surface area contributed by atoms with Crippen molar-refractivity contribution in [3.63, 3.8) is 0 Å². The predicted molar refractivity (Wildman–Crippen MR) is 81.7 cm³/mol. The molecule has 1 aromatic heterocycles. The molecule has 0 radical (unpaired) electrons. The number of anilines is 1. The van der Waals surface area contributed by atoms with Gasteiger partial charge < -0.3 is 5.73 Å². The third-order valence-electron chi connectivity index (χ3n) is 2.78. The maximum absolute atomic E-state index is 6.19. The van der Waals surface area contributed by atoms with E-state index in [1.54, 1.807) is 16.8 Å². The molecule has 0 aliphatic carbocycles. The zero-order chi connectivity index (χ0) is 14.1. The summed E-state index contributed by atoms with van der Waals surface area (Å²) in [5.41, 5.74) is 7.98. The normalized spacial score (nSPS) is 10.7. The molecule has 0 aliphatic heterocycles. The fourth-order valence-corrected chi connectivity index (χ4v) is 2.49. The van der Waals surface area contributed by atoms with Crippen LogP contribution in [0.15, 0.2) is 46.9 Å². The number of nitrogens with zero attached hydrogens (tertiary/aromatic N) is 4. The topological polar surface area (TPSA) is 69.6 Å². The van der Waals surface area contributed by atoms with E-state index in [1.165, 1.54) is 0 Å². The summed E-state index contributed by atoms with van der Waals surface area (Å²) in [6, 6.07) is 12.8. The third kappa shape index (κ3) is 2.28. The van der Waals surface area contributed by atoms with Crippen molar-refractivity contribution >= 4 is 33.2 Å². The number of benzene rings is 2. The number of aromatic nitrogens is 4. The quantitative estimate of drug-likeness (QED) is 0.720. The van der Waals surface area contributed by atoms with E-state index in [9.17, 15) is 0 Å². The molecular formula is C13H9BrClN5. The third-order valence-corrected chi connectivity index (χ3v) is 3.79. The average molecular weight is 351 g/mol. The van der Waals surface area contributed by atoms with E-state index < -0.39 is 0 Å². The van der Waals surface area contributed by atoms with Crippen LogP contribution in [-0.2, 0) is 0 Å². The Bertz CT molecular complexity index is 771. The largest absolute Gasteiger partial charge is 0.399 e. The second kappa shape index (κ2) is 5.22. The van der Waals surface area contributed by atoms with E-state index in [4.69, 9.17) is 17.3 Å². The second-order valence-corrected chi connectivity index (χ2v) is 5.37. The number of para-hydroxylation sites is 1. The van der Waals surface area contributed by atoms with Crippen molar-refractivity contribution in [1.82, 2.24) is 20.2 Å². The monoisotopic (exact) mass is 349 g/mol. The molecule has 3 aromatic rings. The Morgan fingerprint density at radius 3 is 2.75 bits per heavy atom. The van der Waals surface area contributed by atoms with E-state index in [0.29, 0.717) is 22.2 Å². The number of rotatable bonds is 2. The Morgan fingerprint density at radius 1 is 1.15 bits per heavy atom. The maximum Gasteiger partial charge on any atom is 0.188 e. The molecular weight excluding hydrogens is 342 g/mol. The summed E-state index contributed by atoms with van der Waals surface area (Å²) in [7, 11) is 0. The lowest BCUT2D eigenvalue weighted by atomic mass is 10.2. The number of nitrogen functional groups attached to an aromatic ring is 1. The highest BCUT2D eigenvalue weighted by Gasteiger charge is 2.15. The lowest BCUT2D eigenvalue weighted by Crippen LogP contribution is -2.01. The number of hydrogen-bond donors (Lipinski definition) is 1. The highest BCUT2D eigenvalue weighted by Crippen LogP contribution is 2.30. The molecule has 0 saturated heterocycles. The van der Waals surface area contributed by atoms with E-state index >= 15 is 0 Å². The van der Waals surface area contributed by atoms with Crippen molar-refractivity contribution in [3.05, 3.63) is 52.0 Å². The number of halogens is 2. The van der Waals surface area contributed by atoms with Crippen molar-refractivity contribution in [2.45, 2.75) is 0 Å². The van der Waals surface area contributed by atoms with Crippen LogP contribution in [0, 0.1) is 0 Å². The van der Waals surface area contributed by atoms with Crippen LogP contribution in [0.3, 0.4) is 0 Å². The Balaban J connectivity index is 2.21. The van der Waals surface area contributed by atoms with E-state index in [0.717, 1.165) is 10.0 Å². The maximum atomic E-state index is 6.19. The van der Waals surface area contributed by atoms with Gasteiger partial charge in [-0.3, -0.25) is 0 Å². The van der Waals surface area contributed by atoms with Gasteiger partial charge in [0.25, 0.3) is 0 Å². The molecule has 0 saturated carbocycles. The summed E-state index contributed by atoms with van der Waals surface area (Å²) in [5, 5.41) is 12.4. The zero-order valence-electron chi connectivity index (χ0n) is 10.2. The van der Waals surface area contributed by atoms with Crippen molar-refractivity contribution in [2.24, 2.45) is 0 Å². The molecule has 0 unspecified atom stereocenters. The van der Waals surface area contributed by atoms with Crippen LogP contribution in [0.25, 0.3) is 17.1 Å². The first-order valence-electron chi connectivity index (χ1n) is 5.75. The summed E-state index contributed by atoms with van der Waals surface area (Å²) >= 11 is 9.67. The fraction of sp³-hybridized carbons (Fsp3) is 0. The lowest BCUT2D eigenvalue weighted by molar-refractivity contribution is 0.791. The minimum absolute atomic E-state index is 0.567. The highest BCUT2D eigenvalue weighted by molar-refractivity contribution is 9.10. The van der Waals surface area contributed by atoms with Gasteiger partial charge in [0.15, 0.2) is 5.82 Å². The summed E-state index contributed by atoms with van der Waals surface area (Å²) in [6.45, 7) is 0. The summed E-state index contributed by atoms with van der Waals surface area (Å²) in [6.07, 6.45) is 0.